The van der Waals surface area contributed by atoms with E-state index >= 15 is 0 Å². The maximum absolute atomic E-state index is 11.7. The number of amides is 2. The van der Waals surface area contributed by atoms with Crippen LogP contribution in [0.2, 0.25) is 0 Å². The van der Waals surface area contributed by atoms with Gasteiger partial charge in [-0.15, -0.1) is 11.3 Å². The first-order valence-corrected chi connectivity index (χ1v) is 7.35. The van der Waals surface area contributed by atoms with Crippen LogP contribution in [0.3, 0.4) is 0 Å². The number of thiophene rings is 1. The molecule has 2 rings (SSSR count). The number of hydrazine groups is 1. The summed E-state index contributed by atoms with van der Waals surface area (Å²) in [5, 5.41) is 0. The molecule has 1 aromatic heterocycles. The number of benzene rings is 1. The summed E-state index contributed by atoms with van der Waals surface area (Å²) in [6.45, 7) is 0. The second kappa shape index (κ2) is 7.02. The highest BCUT2D eigenvalue weighted by Gasteiger charge is 2.08. The topological polar surface area (TPSA) is 58.2 Å². The third-order valence-corrected chi connectivity index (χ3v) is 3.95. The van der Waals surface area contributed by atoms with E-state index in [4.69, 9.17) is 0 Å². The van der Waals surface area contributed by atoms with Crippen LogP contribution in [0.15, 0.2) is 52.3 Å². The van der Waals surface area contributed by atoms with E-state index in [1.807, 2.05) is 30.3 Å². The molecule has 0 saturated carbocycles. The Morgan fingerprint density at radius 3 is 2.45 bits per heavy atom. The van der Waals surface area contributed by atoms with Crippen molar-refractivity contribution in [3.63, 3.8) is 0 Å². The van der Waals surface area contributed by atoms with Crippen molar-refractivity contribution in [2.45, 2.75) is 0 Å². The van der Waals surface area contributed by atoms with Gasteiger partial charge in [0, 0.05) is 6.08 Å². The average molecular weight is 351 g/mol. The molecule has 2 amide bonds. The van der Waals surface area contributed by atoms with E-state index in [1.54, 1.807) is 18.2 Å². The predicted octanol–water partition coefficient (Wildman–Crippen LogP) is 2.99. The van der Waals surface area contributed by atoms with Crippen LogP contribution in [-0.2, 0) is 4.79 Å². The number of carbonyl (C=O) groups is 2. The zero-order valence-electron chi connectivity index (χ0n) is 10.3. The van der Waals surface area contributed by atoms with Crippen LogP contribution in [0, 0.1) is 0 Å². The Hall–Kier alpha value is -1.92. The molecule has 102 valence electrons. The first-order chi connectivity index (χ1) is 9.65. The highest BCUT2D eigenvalue weighted by molar-refractivity contribution is 9.11. The quantitative estimate of drug-likeness (QED) is 0.660. The van der Waals surface area contributed by atoms with Crippen LogP contribution in [0.5, 0.6) is 0 Å². The molecular formula is C14H11BrN2O2S. The van der Waals surface area contributed by atoms with Crippen LogP contribution in [0.1, 0.15) is 15.2 Å². The van der Waals surface area contributed by atoms with Gasteiger partial charge in [0.15, 0.2) is 0 Å². The van der Waals surface area contributed by atoms with Crippen LogP contribution in [0.4, 0.5) is 0 Å². The van der Waals surface area contributed by atoms with Crippen molar-refractivity contribution in [3.05, 3.63) is 62.8 Å². The van der Waals surface area contributed by atoms with E-state index in [0.29, 0.717) is 4.88 Å². The summed E-state index contributed by atoms with van der Waals surface area (Å²) in [5.41, 5.74) is 5.59. The van der Waals surface area contributed by atoms with Gasteiger partial charge in [-0.25, -0.2) is 0 Å². The van der Waals surface area contributed by atoms with Gasteiger partial charge in [0.1, 0.15) is 0 Å². The van der Waals surface area contributed by atoms with E-state index in [2.05, 4.69) is 26.8 Å². The second-order valence-electron chi connectivity index (χ2n) is 3.79. The number of hydrogen-bond acceptors (Lipinski definition) is 3. The molecule has 1 heterocycles. The Kier molecular flexibility index (Phi) is 5.09. The minimum atomic E-state index is -0.391. The molecule has 4 nitrogen and oxygen atoms in total. The van der Waals surface area contributed by atoms with Gasteiger partial charge < -0.3 is 0 Å². The van der Waals surface area contributed by atoms with E-state index in [-0.39, 0.29) is 5.91 Å². The number of carbonyl (C=O) groups excluding carboxylic acids is 2. The van der Waals surface area contributed by atoms with Crippen molar-refractivity contribution in [2.75, 3.05) is 0 Å². The lowest BCUT2D eigenvalue weighted by molar-refractivity contribution is -0.117. The molecular weight excluding hydrogens is 340 g/mol. The Balaban J connectivity index is 1.83. The van der Waals surface area contributed by atoms with Gasteiger partial charge in [-0.2, -0.15) is 0 Å². The minimum absolute atomic E-state index is 0.345. The number of rotatable bonds is 3. The lowest BCUT2D eigenvalue weighted by Crippen LogP contribution is -2.40. The monoisotopic (exact) mass is 350 g/mol. The lowest BCUT2D eigenvalue weighted by atomic mass is 10.2. The van der Waals surface area contributed by atoms with Gasteiger partial charge in [0.2, 0.25) is 0 Å². The molecule has 0 saturated heterocycles. The molecule has 0 aliphatic rings. The maximum atomic E-state index is 11.7. The minimum Gasteiger partial charge on any atom is -0.268 e. The fraction of sp³-hybridized carbons (Fsp3) is 0. The normalized spacial score (nSPS) is 10.4. The molecule has 0 bridgehead atoms. The third-order valence-electron chi connectivity index (χ3n) is 2.32. The Morgan fingerprint density at radius 1 is 1.05 bits per heavy atom. The standard InChI is InChI=1S/C14H11BrN2O2S/c15-12-8-7-11(20-12)14(19)17-16-13(18)9-6-10-4-2-1-3-5-10/h1-9H,(H,16,18)(H,17,19). The predicted molar refractivity (Wildman–Crippen MR) is 83.1 cm³/mol. The van der Waals surface area contributed by atoms with Crippen LogP contribution >= 0.6 is 27.3 Å². The first-order valence-electron chi connectivity index (χ1n) is 5.74. The summed E-state index contributed by atoms with van der Waals surface area (Å²) in [6, 6.07) is 12.9. The van der Waals surface area contributed by atoms with Crippen molar-refractivity contribution in [3.8, 4) is 0 Å². The van der Waals surface area contributed by atoms with Gasteiger partial charge in [-0.1, -0.05) is 30.3 Å². The molecule has 20 heavy (non-hydrogen) atoms. The van der Waals surface area contributed by atoms with E-state index in [9.17, 15) is 9.59 Å². The van der Waals surface area contributed by atoms with Gasteiger partial charge >= 0.3 is 0 Å². The lowest BCUT2D eigenvalue weighted by Gasteiger charge is -2.02. The van der Waals surface area contributed by atoms with Crippen molar-refractivity contribution in [2.24, 2.45) is 0 Å². The maximum Gasteiger partial charge on any atom is 0.279 e. The Labute approximate surface area is 128 Å². The Morgan fingerprint density at radius 2 is 1.80 bits per heavy atom. The van der Waals surface area contributed by atoms with E-state index < -0.39 is 5.91 Å². The van der Waals surface area contributed by atoms with E-state index in [0.717, 1.165) is 9.35 Å². The SMILES string of the molecule is O=C(C=Cc1ccccc1)NNC(=O)c1ccc(Br)s1. The number of hydrogen-bond donors (Lipinski definition) is 2. The fourth-order valence-corrected chi connectivity index (χ4v) is 2.68. The highest BCUT2D eigenvalue weighted by atomic mass is 79.9. The Bertz CT molecular complexity index is 638. The van der Waals surface area contributed by atoms with Gasteiger partial charge in [0.25, 0.3) is 11.8 Å². The summed E-state index contributed by atoms with van der Waals surface area (Å²) in [4.78, 5) is 23.7. The zero-order chi connectivity index (χ0) is 14.4. The van der Waals surface area contributed by atoms with Crippen molar-refractivity contribution >= 4 is 45.2 Å². The molecule has 2 aromatic rings. The molecule has 2 N–H and O–H groups in total. The van der Waals surface area contributed by atoms with Crippen molar-refractivity contribution < 1.29 is 9.59 Å². The third kappa shape index (κ3) is 4.32. The molecule has 0 spiro atoms. The molecule has 0 aliphatic carbocycles. The average Bonchev–Trinajstić information content (AvgIpc) is 2.90. The van der Waals surface area contributed by atoms with Crippen molar-refractivity contribution in [1.29, 1.82) is 0 Å². The second-order valence-corrected chi connectivity index (χ2v) is 6.25. The zero-order valence-corrected chi connectivity index (χ0v) is 12.7. The number of halogens is 1. The van der Waals surface area contributed by atoms with Gasteiger partial charge in [-0.05, 0) is 39.7 Å². The van der Waals surface area contributed by atoms with Gasteiger partial charge in [0.05, 0.1) is 8.66 Å². The molecule has 0 atom stereocenters. The summed E-state index contributed by atoms with van der Waals surface area (Å²) in [5.74, 6) is -0.736. The molecule has 0 radical (unpaired) electrons. The highest BCUT2D eigenvalue weighted by Crippen LogP contribution is 2.21. The smallest absolute Gasteiger partial charge is 0.268 e. The molecule has 0 unspecified atom stereocenters. The summed E-state index contributed by atoms with van der Waals surface area (Å²) in [6.07, 6.45) is 3.03. The summed E-state index contributed by atoms with van der Waals surface area (Å²) >= 11 is 4.56. The fourth-order valence-electron chi connectivity index (χ4n) is 1.39. The molecule has 1 aromatic carbocycles. The van der Waals surface area contributed by atoms with Crippen LogP contribution < -0.4 is 10.9 Å². The van der Waals surface area contributed by atoms with Crippen LogP contribution in [0.25, 0.3) is 6.08 Å². The molecule has 0 fully saturated rings. The number of nitrogens with one attached hydrogen (secondary N) is 2. The summed E-state index contributed by atoms with van der Waals surface area (Å²) < 4.78 is 0.859. The molecule has 0 aliphatic heterocycles. The largest absolute Gasteiger partial charge is 0.279 e. The van der Waals surface area contributed by atoms with Gasteiger partial charge in [-0.3, -0.25) is 20.4 Å². The summed E-state index contributed by atoms with van der Waals surface area (Å²) in [7, 11) is 0. The molecule has 6 heteroatoms. The van der Waals surface area contributed by atoms with Crippen molar-refractivity contribution in [1.82, 2.24) is 10.9 Å². The van der Waals surface area contributed by atoms with Crippen LogP contribution in [-0.4, -0.2) is 11.8 Å². The first kappa shape index (κ1) is 14.5. The van der Waals surface area contributed by atoms with E-state index in [1.165, 1.54) is 17.4 Å².